The van der Waals surface area contributed by atoms with E-state index in [1.165, 1.54) is 0 Å². The van der Waals surface area contributed by atoms with E-state index in [2.05, 4.69) is 15.9 Å². The number of Topliss-reactive ketones (excluding diaryl/α,β-unsaturated/α-hetero) is 1. The lowest BCUT2D eigenvalue weighted by molar-refractivity contribution is -0.116. The summed E-state index contributed by atoms with van der Waals surface area (Å²) in [4.78, 5) is 10.7. The van der Waals surface area contributed by atoms with Crippen LogP contribution in [0.3, 0.4) is 0 Å². The molecule has 1 aromatic carbocycles. The largest absolute Gasteiger partial charge is 0.386 e. The Morgan fingerprint density at radius 3 is 1.78 bits per heavy atom. The summed E-state index contributed by atoms with van der Waals surface area (Å²) in [5, 5.41) is 0. The molecule has 1 aromatic rings. The highest BCUT2D eigenvalue weighted by Crippen LogP contribution is 2.22. The maximum absolute atomic E-state index is 10.9. The molecular weight excluding hydrogens is 309 g/mol. The van der Waals surface area contributed by atoms with Crippen molar-refractivity contribution in [2.75, 3.05) is 0 Å². The third kappa shape index (κ3) is 13.2. The van der Waals surface area contributed by atoms with E-state index in [4.69, 9.17) is 0 Å². The molecule has 1 unspecified atom stereocenters. The van der Waals surface area contributed by atoms with Crippen molar-refractivity contribution in [2.45, 2.75) is 38.7 Å². The average molecular weight is 327 g/mol. The Balaban J connectivity index is 0. The van der Waals surface area contributed by atoms with Crippen molar-refractivity contribution in [3.63, 3.8) is 0 Å². The molecule has 0 radical (unpaired) electrons. The Hall–Kier alpha value is -0.840. The summed E-state index contributed by atoms with van der Waals surface area (Å²) in [6.45, 7) is 5.76. The van der Waals surface area contributed by atoms with Crippen molar-refractivity contribution in [1.82, 2.24) is 0 Å². The number of hydrogen-bond acceptors (Lipinski definition) is 1. The quantitative estimate of drug-likeness (QED) is 0.673. The first kappa shape index (κ1) is 19.5. The van der Waals surface area contributed by atoms with Crippen LogP contribution in [0, 0.1) is 0 Å². The molecule has 0 N–H and O–H groups in total. The Morgan fingerprint density at radius 1 is 1.17 bits per heavy atom. The minimum absolute atomic E-state index is 0.135. The maximum Gasteiger partial charge on any atom is 0.386 e. The summed E-state index contributed by atoms with van der Waals surface area (Å²) >= 11 is 3.30. The summed E-state index contributed by atoms with van der Waals surface area (Å²) in [6, 6.07) is 9.64. The van der Waals surface area contributed by atoms with Crippen LogP contribution in [0.5, 0.6) is 0 Å². The normalized spacial score (nSPS) is 11.3. The zero-order valence-corrected chi connectivity index (χ0v) is 12.5. The van der Waals surface area contributed by atoms with Crippen molar-refractivity contribution in [3.05, 3.63) is 35.9 Å². The van der Waals surface area contributed by atoms with Gasteiger partial charge >= 0.3 is 6.18 Å². The first-order chi connectivity index (χ1) is 8.22. The van der Waals surface area contributed by atoms with E-state index in [1.54, 1.807) is 6.92 Å². The summed E-state index contributed by atoms with van der Waals surface area (Å²) in [5.41, 5.74) is 1.01. The summed E-state index contributed by atoms with van der Waals surface area (Å²) in [6.07, 6.45) is -4.00. The third-order valence-corrected chi connectivity index (χ3v) is 2.62. The van der Waals surface area contributed by atoms with Crippen LogP contribution in [0.15, 0.2) is 30.3 Å². The van der Waals surface area contributed by atoms with Gasteiger partial charge in [-0.1, -0.05) is 60.1 Å². The fraction of sp³-hybridized carbons (Fsp3) is 0.462. The van der Waals surface area contributed by atoms with Crippen LogP contribution in [0.4, 0.5) is 13.2 Å². The molecule has 0 saturated carbocycles. The van der Waals surface area contributed by atoms with Gasteiger partial charge in [0.1, 0.15) is 5.78 Å². The van der Waals surface area contributed by atoms with Gasteiger partial charge in [-0.3, -0.25) is 4.79 Å². The standard InChI is InChI=1S/C9H9BrO.C2H3F3.C2H6/c1-7(11)9(10)8-5-3-2-4-6-8;1-2(3,4)5;1-2/h2-6,9H,1H3;1H3;1-2H3. The van der Waals surface area contributed by atoms with Gasteiger partial charge in [-0.05, 0) is 12.5 Å². The van der Waals surface area contributed by atoms with Crippen LogP contribution < -0.4 is 0 Å². The van der Waals surface area contributed by atoms with Gasteiger partial charge < -0.3 is 0 Å². The Bertz CT molecular complexity index is 317. The topological polar surface area (TPSA) is 17.1 Å². The maximum atomic E-state index is 10.9. The van der Waals surface area contributed by atoms with Gasteiger partial charge in [-0.25, -0.2) is 0 Å². The number of rotatable bonds is 2. The first-order valence-corrected chi connectivity index (χ1v) is 6.39. The van der Waals surface area contributed by atoms with Crippen LogP contribution in [-0.4, -0.2) is 12.0 Å². The predicted octanol–water partition coefficient (Wildman–Crippen LogP) is 5.31. The first-order valence-electron chi connectivity index (χ1n) is 5.48. The second-order valence-corrected chi connectivity index (χ2v) is 4.08. The number of carbonyl (C=O) groups excluding carboxylic acids is 1. The van der Waals surface area contributed by atoms with E-state index in [1.807, 2.05) is 44.2 Å². The molecule has 0 aliphatic carbocycles. The molecule has 0 bridgehead atoms. The molecule has 0 spiro atoms. The van der Waals surface area contributed by atoms with Gasteiger partial charge in [0.05, 0.1) is 4.83 Å². The molecule has 0 heterocycles. The van der Waals surface area contributed by atoms with Crippen LogP contribution in [0.25, 0.3) is 0 Å². The summed E-state index contributed by atoms with van der Waals surface area (Å²) in [5.74, 6) is 0.135. The zero-order chi connectivity index (χ0) is 14.8. The number of ketones is 1. The van der Waals surface area contributed by atoms with E-state index >= 15 is 0 Å². The molecule has 0 aliphatic heterocycles. The molecule has 18 heavy (non-hydrogen) atoms. The molecule has 0 fully saturated rings. The third-order valence-electron chi connectivity index (χ3n) is 1.45. The molecule has 5 heteroatoms. The average Bonchev–Trinajstić information content (AvgIpc) is 2.29. The number of hydrogen-bond donors (Lipinski definition) is 0. The van der Waals surface area contributed by atoms with E-state index in [0.717, 1.165) is 5.56 Å². The smallest absolute Gasteiger partial charge is 0.298 e. The van der Waals surface area contributed by atoms with Gasteiger partial charge in [-0.15, -0.1) is 0 Å². The van der Waals surface area contributed by atoms with Crippen molar-refractivity contribution in [2.24, 2.45) is 0 Å². The second-order valence-electron chi connectivity index (χ2n) is 3.17. The number of carbonyl (C=O) groups is 1. The molecule has 0 saturated heterocycles. The van der Waals surface area contributed by atoms with Gasteiger partial charge in [0.15, 0.2) is 0 Å². The molecular formula is C13H18BrF3O. The van der Waals surface area contributed by atoms with Crippen molar-refractivity contribution in [1.29, 1.82) is 0 Å². The molecule has 1 nitrogen and oxygen atoms in total. The van der Waals surface area contributed by atoms with Gasteiger partial charge in [0.25, 0.3) is 0 Å². The van der Waals surface area contributed by atoms with E-state index < -0.39 is 6.18 Å². The molecule has 1 rings (SSSR count). The molecule has 0 amide bonds. The van der Waals surface area contributed by atoms with Crippen molar-refractivity contribution < 1.29 is 18.0 Å². The van der Waals surface area contributed by atoms with E-state index in [9.17, 15) is 18.0 Å². The Kier molecular flexibility index (Phi) is 11.0. The highest BCUT2D eigenvalue weighted by atomic mass is 79.9. The number of benzene rings is 1. The summed E-state index contributed by atoms with van der Waals surface area (Å²) in [7, 11) is 0. The van der Waals surface area contributed by atoms with Crippen molar-refractivity contribution in [3.8, 4) is 0 Å². The predicted molar refractivity (Wildman–Crippen MR) is 71.9 cm³/mol. The van der Waals surface area contributed by atoms with Crippen LogP contribution in [-0.2, 0) is 4.79 Å². The van der Waals surface area contributed by atoms with Crippen LogP contribution in [0.1, 0.15) is 38.1 Å². The highest BCUT2D eigenvalue weighted by Gasteiger charge is 2.15. The lowest BCUT2D eigenvalue weighted by atomic mass is 10.1. The monoisotopic (exact) mass is 326 g/mol. The van der Waals surface area contributed by atoms with Crippen LogP contribution >= 0.6 is 15.9 Å². The minimum atomic E-state index is -4.00. The molecule has 0 aromatic heterocycles. The lowest BCUT2D eigenvalue weighted by Crippen LogP contribution is -1.99. The number of alkyl halides is 4. The minimum Gasteiger partial charge on any atom is -0.298 e. The van der Waals surface area contributed by atoms with E-state index in [0.29, 0.717) is 0 Å². The van der Waals surface area contributed by atoms with Gasteiger partial charge in [0.2, 0.25) is 0 Å². The fourth-order valence-corrected chi connectivity index (χ4v) is 1.16. The molecule has 1 atom stereocenters. The zero-order valence-electron chi connectivity index (χ0n) is 10.9. The van der Waals surface area contributed by atoms with Crippen molar-refractivity contribution >= 4 is 21.7 Å². The Morgan fingerprint density at radius 2 is 1.50 bits per heavy atom. The summed E-state index contributed by atoms with van der Waals surface area (Å²) < 4.78 is 31.1. The van der Waals surface area contributed by atoms with E-state index in [-0.39, 0.29) is 17.5 Å². The van der Waals surface area contributed by atoms with Gasteiger partial charge in [0, 0.05) is 6.92 Å². The Labute approximate surface area is 115 Å². The SMILES string of the molecule is CC.CC(=O)C(Br)c1ccccc1.CC(F)(F)F. The fourth-order valence-electron chi connectivity index (χ4n) is 0.857. The van der Waals surface area contributed by atoms with Gasteiger partial charge in [-0.2, -0.15) is 13.2 Å². The second kappa shape index (κ2) is 10.1. The van der Waals surface area contributed by atoms with Crippen LogP contribution in [0.2, 0.25) is 0 Å². The molecule has 104 valence electrons. The lowest BCUT2D eigenvalue weighted by Gasteiger charge is -2.03. The number of halogens is 4. The molecule has 0 aliphatic rings. The highest BCUT2D eigenvalue weighted by molar-refractivity contribution is 9.09.